The van der Waals surface area contributed by atoms with E-state index in [4.69, 9.17) is 14.2 Å². The Morgan fingerprint density at radius 2 is 1.77 bits per heavy atom. The van der Waals surface area contributed by atoms with E-state index in [1.165, 1.54) is 6.07 Å². The number of carboxylic acids is 1. The molecule has 3 rings (SSSR count). The lowest BCUT2D eigenvalue weighted by Crippen LogP contribution is -1.96. The van der Waals surface area contributed by atoms with Gasteiger partial charge in [0, 0.05) is 0 Å². The van der Waals surface area contributed by atoms with Crippen LogP contribution in [-0.4, -0.2) is 42.4 Å². The quantitative estimate of drug-likeness (QED) is 0.704. The average Bonchev–Trinajstić information content (AvgIpc) is 3.08. The number of aromatic nitrogens is 2. The lowest BCUT2D eigenvalue weighted by atomic mass is 10.1. The summed E-state index contributed by atoms with van der Waals surface area (Å²) in [6.07, 6.45) is 3.58. The molecular weight excluding hydrogens is 336 g/mol. The third-order valence-electron chi connectivity index (χ3n) is 3.89. The van der Waals surface area contributed by atoms with Crippen LogP contribution in [0.25, 0.3) is 23.2 Å². The molecule has 1 aromatic heterocycles. The summed E-state index contributed by atoms with van der Waals surface area (Å²) in [5.41, 5.74) is 2.08. The van der Waals surface area contributed by atoms with E-state index in [1.807, 2.05) is 18.2 Å². The fraction of sp³-hybridized carbons (Fsp3) is 0.158. The van der Waals surface area contributed by atoms with E-state index in [-0.39, 0.29) is 5.56 Å². The Morgan fingerprint density at radius 1 is 1.08 bits per heavy atom. The maximum atomic E-state index is 11.3. The van der Waals surface area contributed by atoms with Gasteiger partial charge in [0.05, 0.1) is 37.9 Å². The Morgan fingerprint density at radius 3 is 2.35 bits per heavy atom. The number of hydrogen-bond donors (Lipinski definition) is 2. The van der Waals surface area contributed by atoms with Crippen molar-refractivity contribution < 1.29 is 24.1 Å². The summed E-state index contributed by atoms with van der Waals surface area (Å²) in [5, 5.41) is 9.26. The van der Waals surface area contributed by atoms with Crippen molar-refractivity contribution in [2.75, 3.05) is 21.3 Å². The molecule has 0 saturated heterocycles. The monoisotopic (exact) mass is 354 g/mol. The molecule has 0 aliphatic rings. The van der Waals surface area contributed by atoms with E-state index in [1.54, 1.807) is 39.5 Å². The number of carboxylic acid groups (broad SMARTS) is 1. The number of imidazole rings is 1. The molecule has 1 heterocycles. The van der Waals surface area contributed by atoms with Crippen molar-refractivity contribution in [1.29, 1.82) is 0 Å². The molecule has 0 atom stereocenters. The summed E-state index contributed by atoms with van der Waals surface area (Å²) < 4.78 is 16.0. The molecule has 0 amide bonds. The summed E-state index contributed by atoms with van der Waals surface area (Å²) in [4.78, 5) is 18.7. The van der Waals surface area contributed by atoms with E-state index in [2.05, 4.69) is 9.97 Å². The molecule has 0 bridgehead atoms. The molecule has 7 nitrogen and oxygen atoms in total. The highest BCUT2D eigenvalue weighted by molar-refractivity contribution is 6.01. The fourth-order valence-corrected chi connectivity index (χ4v) is 2.68. The van der Waals surface area contributed by atoms with Crippen LogP contribution in [-0.2, 0) is 0 Å². The zero-order valence-corrected chi connectivity index (χ0v) is 14.6. The molecule has 0 aliphatic heterocycles. The fourth-order valence-electron chi connectivity index (χ4n) is 2.68. The predicted octanol–water partition coefficient (Wildman–Crippen LogP) is 3.46. The second kappa shape index (κ2) is 7.18. The molecule has 2 N–H and O–H groups in total. The highest BCUT2D eigenvalue weighted by atomic mass is 16.5. The SMILES string of the molecule is COc1cc(C=Cc2nc3cccc(C(=O)O)c3[nH]2)cc(OC)c1OC. The van der Waals surface area contributed by atoms with Crippen molar-refractivity contribution in [1.82, 2.24) is 9.97 Å². The summed E-state index contributed by atoms with van der Waals surface area (Å²) in [6.45, 7) is 0. The van der Waals surface area contributed by atoms with Crippen molar-refractivity contribution in [2.24, 2.45) is 0 Å². The smallest absolute Gasteiger partial charge is 0.337 e. The number of methoxy groups -OCH3 is 3. The number of carbonyl (C=O) groups is 1. The van der Waals surface area contributed by atoms with Crippen LogP contribution >= 0.6 is 0 Å². The Hall–Kier alpha value is -3.48. The maximum Gasteiger partial charge on any atom is 0.337 e. The molecule has 0 radical (unpaired) electrons. The van der Waals surface area contributed by atoms with Crippen molar-refractivity contribution in [3.05, 3.63) is 47.3 Å². The van der Waals surface area contributed by atoms with Crippen LogP contribution in [0.3, 0.4) is 0 Å². The van der Waals surface area contributed by atoms with Crippen LogP contribution in [0.15, 0.2) is 30.3 Å². The predicted molar refractivity (Wildman–Crippen MR) is 98.1 cm³/mol. The molecule has 134 valence electrons. The number of para-hydroxylation sites is 1. The van der Waals surface area contributed by atoms with Crippen molar-refractivity contribution in [3.63, 3.8) is 0 Å². The molecule has 0 spiro atoms. The third kappa shape index (κ3) is 3.19. The van der Waals surface area contributed by atoms with Crippen LogP contribution < -0.4 is 14.2 Å². The van der Waals surface area contributed by atoms with Gasteiger partial charge in [-0.15, -0.1) is 0 Å². The molecule has 0 fully saturated rings. The van der Waals surface area contributed by atoms with Gasteiger partial charge in [0.15, 0.2) is 11.5 Å². The number of nitrogens with one attached hydrogen (secondary N) is 1. The van der Waals surface area contributed by atoms with Gasteiger partial charge in [-0.3, -0.25) is 0 Å². The Bertz CT molecular complexity index is 966. The van der Waals surface area contributed by atoms with Gasteiger partial charge in [-0.1, -0.05) is 12.1 Å². The van der Waals surface area contributed by atoms with Gasteiger partial charge in [0.2, 0.25) is 5.75 Å². The number of benzene rings is 2. The van der Waals surface area contributed by atoms with Gasteiger partial charge < -0.3 is 24.3 Å². The van der Waals surface area contributed by atoms with Crippen LogP contribution in [0.2, 0.25) is 0 Å². The van der Waals surface area contributed by atoms with Crippen molar-refractivity contribution in [3.8, 4) is 17.2 Å². The number of ether oxygens (including phenoxy) is 3. The van der Waals surface area contributed by atoms with E-state index >= 15 is 0 Å². The van der Waals surface area contributed by atoms with Gasteiger partial charge in [0.1, 0.15) is 5.82 Å². The topological polar surface area (TPSA) is 93.7 Å². The summed E-state index contributed by atoms with van der Waals surface area (Å²) >= 11 is 0. The number of hydrogen-bond acceptors (Lipinski definition) is 5. The molecule has 7 heteroatoms. The molecule has 0 unspecified atom stereocenters. The molecule has 0 aliphatic carbocycles. The summed E-state index contributed by atoms with van der Waals surface area (Å²) in [6, 6.07) is 8.58. The number of aromatic carboxylic acids is 1. The van der Waals surface area contributed by atoms with Gasteiger partial charge in [-0.25, -0.2) is 9.78 Å². The second-order valence-corrected chi connectivity index (χ2v) is 5.42. The van der Waals surface area contributed by atoms with Crippen LogP contribution in [0.5, 0.6) is 17.2 Å². The first-order valence-electron chi connectivity index (χ1n) is 7.77. The van der Waals surface area contributed by atoms with Crippen molar-refractivity contribution >= 4 is 29.2 Å². The van der Waals surface area contributed by atoms with E-state index in [9.17, 15) is 9.90 Å². The highest BCUT2D eigenvalue weighted by Crippen LogP contribution is 2.38. The molecule has 26 heavy (non-hydrogen) atoms. The van der Waals surface area contributed by atoms with Gasteiger partial charge >= 0.3 is 5.97 Å². The molecular formula is C19H18N2O5. The van der Waals surface area contributed by atoms with E-state index in [0.29, 0.717) is 34.1 Å². The molecule has 0 saturated carbocycles. The van der Waals surface area contributed by atoms with Gasteiger partial charge in [0.25, 0.3) is 0 Å². The zero-order valence-electron chi connectivity index (χ0n) is 14.6. The normalized spacial score (nSPS) is 11.0. The first kappa shape index (κ1) is 17.3. The third-order valence-corrected chi connectivity index (χ3v) is 3.89. The lowest BCUT2D eigenvalue weighted by molar-refractivity contribution is 0.0699. The maximum absolute atomic E-state index is 11.3. The largest absolute Gasteiger partial charge is 0.493 e. The van der Waals surface area contributed by atoms with E-state index < -0.39 is 5.97 Å². The van der Waals surface area contributed by atoms with E-state index in [0.717, 1.165) is 5.56 Å². The van der Waals surface area contributed by atoms with Gasteiger partial charge in [-0.05, 0) is 35.9 Å². The molecule has 2 aromatic carbocycles. The lowest BCUT2D eigenvalue weighted by Gasteiger charge is -2.12. The summed E-state index contributed by atoms with van der Waals surface area (Å²) in [7, 11) is 4.65. The Labute approximate surface area is 149 Å². The standard InChI is InChI=1S/C19H18N2O5/c1-24-14-9-11(10-15(25-2)18(14)26-3)7-8-16-20-13-6-4-5-12(19(22)23)17(13)21-16/h4-10H,1-3H3,(H,20,21)(H,22,23). The zero-order chi connectivity index (χ0) is 18.7. The first-order chi connectivity index (χ1) is 12.6. The number of nitrogens with zero attached hydrogens (tertiary/aromatic N) is 1. The number of rotatable bonds is 6. The van der Waals surface area contributed by atoms with Crippen LogP contribution in [0.4, 0.5) is 0 Å². The summed E-state index contributed by atoms with van der Waals surface area (Å²) in [5.74, 6) is 1.15. The van der Waals surface area contributed by atoms with Crippen LogP contribution in [0, 0.1) is 0 Å². The number of fused-ring (bicyclic) bond motifs is 1. The minimum Gasteiger partial charge on any atom is -0.493 e. The second-order valence-electron chi connectivity index (χ2n) is 5.42. The Kier molecular flexibility index (Phi) is 4.79. The minimum atomic E-state index is -1.00. The number of aromatic amines is 1. The van der Waals surface area contributed by atoms with Crippen molar-refractivity contribution in [2.45, 2.75) is 0 Å². The average molecular weight is 354 g/mol. The molecule has 3 aromatic rings. The highest BCUT2D eigenvalue weighted by Gasteiger charge is 2.13. The van der Waals surface area contributed by atoms with Gasteiger partial charge in [-0.2, -0.15) is 0 Å². The first-order valence-corrected chi connectivity index (χ1v) is 7.77. The van der Waals surface area contributed by atoms with Crippen LogP contribution in [0.1, 0.15) is 21.7 Å². The minimum absolute atomic E-state index is 0.183. The Balaban J connectivity index is 1.99. The number of H-pyrrole nitrogens is 1.